The van der Waals surface area contributed by atoms with Crippen molar-refractivity contribution in [1.82, 2.24) is 10.3 Å². The van der Waals surface area contributed by atoms with Crippen molar-refractivity contribution in [2.45, 2.75) is 25.4 Å². The van der Waals surface area contributed by atoms with Crippen LogP contribution in [0, 0.1) is 6.92 Å². The molecule has 0 spiro atoms. The van der Waals surface area contributed by atoms with Gasteiger partial charge >= 0.3 is 0 Å². The number of aromatic nitrogens is 1. The quantitative estimate of drug-likeness (QED) is 0.885. The van der Waals surface area contributed by atoms with E-state index in [-0.39, 0.29) is 18.3 Å². The monoisotopic (exact) mass is 351 g/mol. The van der Waals surface area contributed by atoms with Gasteiger partial charge in [-0.05, 0) is 50.2 Å². The average Bonchev–Trinajstić information content (AvgIpc) is 3.02. The van der Waals surface area contributed by atoms with Gasteiger partial charge in [0.2, 0.25) is 0 Å². The maximum atomic E-state index is 12.6. The van der Waals surface area contributed by atoms with Crippen LogP contribution < -0.4 is 10.6 Å². The Hall–Kier alpha value is -1.89. The lowest BCUT2D eigenvalue weighted by molar-refractivity contribution is -0.140. The molecule has 2 N–H and O–H groups in total. The molecule has 2 heterocycles. The van der Waals surface area contributed by atoms with Crippen LogP contribution in [-0.4, -0.2) is 36.7 Å². The fraction of sp³-hybridized carbons (Fsp3) is 0.412. The first-order valence-electron chi connectivity index (χ1n) is 7.73. The SMILES string of the molecule is COC1(C(=O)Nc2ccc(-c3cnc(C)o3)cc2)CCNCC1.Cl. The van der Waals surface area contributed by atoms with Crippen molar-refractivity contribution >= 4 is 24.0 Å². The summed E-state index contributed by atoms with van der Waals surface area (Å²) in [4.78, 5) is 16.7. The summed E-state index contributed by atoms with van der Waals surface area (Å²) >= 11 is 0. The Balaban J connectivity index is 0.00000208. The minimum atomic E-state index is -0.744. The molecule has 1 aromatic heterocycles. The van der Waals surface area contributed by atoms with Crippen molar-refractivity contribution in [3.05, 3.63) is 36.4 Å². The molecular formula is C17H22ClN3O3. The Morgan fingerprint density at radius 1 is 1.29 bits per heavy atom. The molecule has 1 fully saturated rings. The second kappa shape index (κ2) is 7.79. The molecule has 7 heteroatoms. The van der Waals surface area contributed by atoms with Gasteiger partial charge in [-0.25, -0.2) is 4.98 Å². The molecule has 0 aliphatic carbocycles. The molecule has 2 aromatic rings. The standard InChI is InChI=1S/C17H21N3O3.ClH/c1-12-19-11-15(23-12)13-3-5-14(6-4-13)20-16(21)17(22-2)7-9-18-10-8-17;/h3-6,11,18H,7-10H2,1-2H3,(H,20,21);1H. The number of aryl methyl sites for hydroxylation is 1. The number of anilines is 1. The lowest BCUT2D eigenvalue weighted by Crippen LogP contribution is -2.51. The van der Waals surface area contributed by atoms with E-state index in [1.807, 2.05) is 24.3 Å². The number of hydrogen-bond donors (Lipinski definition) is 2. The Labute approximate surface area is 147 Å². The van der Waals surface area contributed by atoms with Crippen LogP contribution >= 0.6 is 12.4 Å². The summed E-state index contributed by atoms with van der Waals surface area (Å²) in [6.07, 6.45) is 3.04. The maximum Gasteiger partial charge on any atom is 0.256 e. The van der Waals surface area contributed by atoms with Crippen LogP contribution in [0.25, 0.3) is 11.3 Å². The summed E-state index contributed by atoms with van der Waals surface area (Å²) in [5.41, 5.74) is 0.920. The third-order valence-corrected chi connectivity index (χ3v) is 4.26. The number of piperidine rings is 1. The minimum Gasteiger partial charge on any atom is -0.441 e. The number of halogens is 1. The highest BCUT2D eigenvalue weighted by Gasteiger charge is 2.39. The predicted molar refractivity (Wildman–Crippen MR) is 94.4 cm³/mol. The molecular weight excluding hydrogens is 330 g/mol. The summed E-state index contributed by atoms with van der Waals surface area (Å²) in [5, 5.41) is 6.19. The van der Waals surface area contributed by atoms with Gasteiger partial charge in [-0.2, -0.15) is 0 Å². The lowest BCUT2D eigenvalue weighted by Gasteiger charge is -2.34. The highest BCUT2D eigenvalue weighted by atomic mass is 35.5. The molecule has 0 saturated carbocycles. The normalized spacial score (nSPS) is 16.2. The second-order valence-corrected chi connectivity index (χ2v) is 5.72. The zero-order valence-corrected chi connectivity index (χ0v) is 14.6. The first-order valence-corrected chi connectivity index (χ1v) is 7.73. The highest BCUT2D eigenvalue weighted by Crippen LogP contribution is 2.26. The van der Waals surface area contributed by atoms with Crippen molar-refractivity contribution in [2.75, 3.05) is 25.5 Å². The number of carbonyl (C=O) groups excluding carboxylic acids is 1. The third kappa shape index (κ3) is 3.77. The average molecular weight is 352 g/mol. The van der Waals surface area contributed by atoms with Crippen molar-refractivity contribution < 1.29 is 13.9 Å². The number of benzene rings is 1. The van der Waals surface area contributed by atoms with E-state index in [0.29, 0.717) is 24.5 Å². The topological polar surface area (TPSA) is 76.4 Å². The van der Waals surface area contributed by atoms with Gasteiger partial charge < -0.3 is 19.8 Å². The summed E-state index contributed by atoms with van der Waals surface area (Å²) in [6, 6.07) is 7.51. The Bertz CT molecular complexity index is 679. The molecule has 3 rings (SSSR count). The number of rotatable bonds is 4. The fourth-order valence-corrected chi connectivity index (χ4v) is 2.81. The van der Waals surface area contributed by atoms with Gasteiger partial charge in [-0.1, -0.05) is 0 Å². The van der Waals surface area contributed by atoms with Gasteiger partial charge in [-0.3, -0.25) is 4.79 Å². The number of methoxy groups -OCH3 is 1. The lowest BCUT2D eigenvalue weighted by atomic mass is 9.91. The van der Waals surface area contributed by atoms with Crippen molar-refractivity contribution in [2.24, 2.45) is 0 Å². The largest absolute Gasteiger partial charge is 0.441 e. The molecule has 1 aliphatic heterocycles. The van der Waals surface area contributed by atoms with Crippen LogP contribution in [-0.2, 0) is 9.53 Å². The number of ether oxygens (including phenoxy) is 1. The van der Waals surface area contributed by atoms with Gasteiger partial charge in [0.05, 0.1) is 6.20 Å². The Morgan fingerprint density at radius 3 is 2.50 bits per heavy atom. The number of amides is 1. The van der Waals surface area contributed by atoms with Gasteiger partial charge in [0, 0.05) is 25.3 Å². The molecule has 6 nitrogen and oxygen atoms in total. The third-order valence-electron chi connectivity index (χ3n) is 4.26. The van der Waals surface area contributed by atoms with Crippen molar-refractivity contribution in [3.8, 4) is 11.3 Å². The maximum absolute atomic E-state index is 12.6. The van der Waals surface area contributed by atoms with Crippen LogP contribution in [0.4, 0.5) is 5.69 Å². The summed E-state index contributed by atoms with van der Waals surface area (Å²) in [6.45, 7) is 3.37. The van der Waals surface area contributed by atoms with Crippen LogP contribution in [0.2, 0.25) is 0 Å². The molecule has 1 amide bonds. The van der Waals surface area contributed by atoms with E-state index < -0.39 is 5.60 Å². The van der Waals surface area contributed by atoms with E-state index in [0.717, 1.165) is 24.3 Å². The molecule has 1 aromatic carbocycles. The predicted octanol–water partition coefficient (Wildman–Crippen LogP) is 2.78. The van der Waals surface area contributed by atoms with E-state index in [1.165, 1.54) is 0 Å². The molecule has 1 saturated heterocycles. The van der Waals surface area contributed by atoms with Crippen molar-refractivity contribution in [1.29, 1.82) is 0 Å². The van der Waals surface area contributed by atoms with E-state index >= 15 is 0 Å². The van der Waals surface area contributed by atoms with E-state index in [2.05, 4.69) is 15.6 Å². The number of oxazole rings is 1. The van der Waals surface area contributed by atoms with Gasteiger partial charge in [-0.15, -0.1) is 12.4 Å². The van der Waals surface area contributed by atoms with E-state index in [9.17, 15) is 4.79 Å². The fourth-order valence-electron chi connectivity index (χ4n) is 2.81. The molecule has 0 radical (unpaired) electrons. The molecule has 0 bridgehead atoms. The summed E-state index contributed by atoms with van der Waals surface area (Å²) < 4.78 is 11.0. The molecule has 0 unspecified atom stereocenters. The second-order valence-electron chi connectivity index (χ2n) is 5.72. The van der Waals surface area contributed by atoms with Crippen LogP contribution in [0.1, 0.15) is 18.7 Å². The molecule has 0 atom stereocenters. The van der Waals surface area contributed by atoms with E-state index in [1.54, 1.807) is 20.2 Å². The zero-order valence-electron chi connectivity index (χ0n) is 13.8. The van der Waals surface area contributed by atoms with Crippen LogP contribution in [0.15, 0.2) is 34.9 Å². The molecule has 1 aliphatic rings. The van der Waals surface area contributed by atoms with Crippen LogP contribution in [0.5, 0.6) is 0 Å². The number of hydrogen-bond acceptors (Lipinski definition) is 5. The molecule has 130 valence electrons. The zero-order chi connectivity index (χ0) is 16.3. The smallest absolute Gasteiger partial charge is 0.256 e. The highest BCUT2D eigenvalue weighted by molar-refractivity contribution is 5.97. The van der Waals surface area contributed by atoms with Gasteiger partial charge in [0.25, 0.3) is 5.91 Å². The van der Waals surface area contributed by atoms with Gasteiger partial charge in [0.1, 0.15) is 5.60 Å². The Morgan fingerprint density at radius 2 is 1.96 bits per heavy atom. The number of nitrogens with zero attached hydrogens (tertiary/aromatic N) is 1. The van der Waals surface area contributed by atoms with Crippen molar-refractivity contribution in [3.63, 3.8) is 0 Å². The van der Waals surface area contributed by atoms with Crippen LogP contribution in [0.3, 0.4) is 0 Å². The number of nitrogens with one attached hydrogen (secondary N) is 2. The molecule has 24 heavy (non-hydrogen) atoms. The Kier molecular flexibility index (Phi) is 5.99. The summed E-state index contributed by atoms with van der Waals surface area (Å²) in [5.74, 6) is 1.25. The summed E-state index contributed by atoms with van der Waals surface area (Å²) in [7, 11) is 1.60. The first-order chi connectivity index (χ1) is 11.1. The minimum absolute atomic E-state index is 0. The van der Waals surface area contributed by atoms with Gasteiger partial charge in [0.15, 0.2) is 11.7 Å². The first kappa shape index (κ1) is 18.4. The van der Waals surface area contributed by atoms with E-state index in [4.69, 9.17) is 9.15 Å². The number of carbonyl (C=O) groups is 1.